The van der Waals surface area contributed by atoms with Crippen LogP contribution < -0.4 is 10.0 Å². The lowest BCUT2D eigenvalue weighted by Gasteiger charge is -2.04. The van der Waals surface area contributed by atoms with E-state index in [1.807, 2.05) is 30.3 Å². The van der Waals surface area contributed by atoms with E-state index in [-0.39, 0.29) is 5.91 Å². The summed E-state index contributed by atoms with van der Waals surface area (Å²) in [4.78, 5) is 11.9. The average Bonchev–Trinajstić information content (AvgIpc) is 2.96. The van der Waals surface area contributed by atoms with Gasteiger partial charge in [-0.1, -0.05) is 18.2 Å². The van der Waals surface area contributed by atoms with Gasteiger partial charge in [-0.05, 0) is 18.6 Å². The lowest BCUT2D eigenvalue weighted by Crippen LogP contribution is -2.29. The first-order valence-electron chi connectivity index (χ1n) is 6.78. The normalized spacial score (nSPS) is 11.3. The lowest BCUT2D eigenvalue weighted by molar-refractivity contribution is 0.0953. The molecule has 0 saturated carbocycles. The molecule has 0 atom stereocenters. The zero-order chi connectivity index (χ0) is 16.0. The molecule has 7 nitrogen and oxygen atoms in total. The summed E-state index contributed by atoms with van der Waals surface area (Å²) < 4.78 is 25.7. The van der Waals surface area contributed by atoms with E-state index in [9.17, 15) is 13.2 Å². The van der Waals surface area contributed by atoms with Crippen molar-refractivity contribution in [1.29, 1.82) is 0 Å². The molecular weight excluding hydrogens is 304 g/mol. The molecule has 1 amide bonds. The standard InChI is InChI=1S/C14H18N4O3S/c1-22(20,21)17-9-5-8-15-14(19)12-10-16-18(11-12)13-6-3-2-4-7-13/h2-4,6-7,10-11,17H,5,8-9H2,1H3,(H,15,19). The number of nitrogens with one attached hydrogen (secondary N) is 2. The van der Waals surface area contributed by atoms with Crippen molar-refractivity contribution in [3.63, 3.8) is 0 Å². The van der Waals surface area contributed by atoms with Crippen molar-refractivity contribution < 1.29 is 13.2 Å². The van der Waals surface area contributed by atoms with Crippen LogP contribution >= 0.6 is 0 Å². The molecule has 2 N–H and O–H groups in total. The molecule has 0 spiro atoms. The van der Waals surface area contributed by atoms with Crippen LogP contribution in [0.1, 0.15) is 16.8 Å². The molecular formula is C14H18N4O3S. The number of para-hydroxylation sites is 1. The minimum atomic E-state index is -3.18. The van der Waals surface area contributed by atoms with Crippen LogP contribution in [0, 0.1) is 0 Å². The minimum absolute atomic E-state index is 0.235. The quantitative estimate of drug-likeness (QED) is 0.728. The molecule has 0 bridgehead atoms. The highest BCUT2D eigenvalue weighted by Gasteiger charge is 2.08. The van der Waals surface area contributed by atoms with Gasteiger partial charge in [0.1, 0.15) is 0 Å². The van der Waals surface area contributed by atoms with Gasteiger partial charge in [0.05, 0.1) is 23.7 Å². The van der Waals surface area contributed by atoms with Crippen LogP contribution in [0.25, 0.3) is 5.69 Å². The maximum absolute atomic E-state index is 11.9. The predicted molar refractivity (Wildman–Crippen MR) is 83.4 cm³/mol. The van der Waals surface area contributed by atoms with Crippen molar-refractivity contribution in [2.45, 2.75) is 6.42 Å². The van der Waals surface area contributed by atoms with E-state index < -0.39 is 10.0 Å². The molecule has 118 valence electrons. The van der Waals surface area contributed by atoms with E-state index in [1.54, 1.807) is 10.9 Å². The van der Waals surface area contributed by atoms with Gasteiger partial charge in [-0.15, -0.1) is 0 Å². The van der Waals surface area contributed by atoms with Crippen molar-refractivity contribution >= 4 is 15.9 Å². The molecule has 0 fully saturated rings. The molecule has 1 aromatic carbocycles. The van der Waals surface area contributed by atoms with Crippen LogP contribution in [-0.4, -0.2) is 43.5 Å². The fourth-order valence-corrected chi connectivity index (χ4v) is 2.33. The minimum Gasteiger partial charge on any atom is -0.352 e. The van der Waals surface area contributed by atoms with Gasteiger partial charge in [0.25, 0.3) is 5.91 Å². The van der Waals surface area contributed by atoms with E-state index in [1.165, 1.54) is 6.20 Å². The summed E-state index contributed by atoms with van der Waals surface area (Å²) in [6.07, 6.45) is 4.77. The molecule has 0 unspecified atom stereocenters. The summed E-state index contributed by atoms with van der Waals surface area (Å²) in [7, 11) is -3.18. The molecule has 1 aromatic heterocycles. The SMILES string of the molecule is CS(=O)(=O)NCCCNC(=O)c1cnn(-c2ccccc2)c1. The average molecular weight is 322 g/mol. The van der Waals surface area contributed by atoms with Gasteiger partial charge < -0.3 is 5.32 Å². The van der Waals surface area contributed by atoms with Gasteiger partial charge >= 0.3 is 0 Å². The molecule has 2 aromatic rings. The summed E-state index contributed by atoms with van der Waals surface area (Å²) in [5.74, 6) is -0.235. The van der Waals surface area contributed by atoms with Gasteiger partial charge in [-0.25, -0.2) is 17.8 Å². The number of nitrogens with zero attached hydrogens (tertiary/aromatic N) is 2. The number of sulfonamides is 1. The molecule has 22 heavy (non-hydrogen) atoms. The third-order valence-electron chi connectivity index (χ3n) is 2.87. The number of carbonyl (C=O) groups is 1. The van der Waals surface area contributed by atoms with Crippen molar-refractivity contribution in [2.24, 2.45) is 0 Å². The number of rotatable bonds is 7. The van der Waals surface area contributed by atoms with Crippen molar-refractivity contribution in [1.82, 2.24) is 19.8 Å². The van der Waals surface area contributed by atoms with Gasteiger partial charge in [0.2, 0.25) is 10.0 Å². The molecule has 0 saturated heterocycles. The Morgan fingerprint density at radius 3 is 2.64 bits per heavy atom. The van der Waals surface area contributed by atoms with E-state index in [2.05, 4.69) is 15.1 Å². The van der Waals surface area contributed by atoms with Crippen molar-refractivity contribution in [3.8, 4) is 5.69 Å². The molecule has 0 aliphatic carbocycles. The van der Waals surface area contributed by atoms with E-state index in [0.29, 0.717) is 25.1 Å². The Bertz CT molecular complexity index is 726. The Morgan fingerprint density at radius 2 is 1.95 bits per heavy atom. The number of hydrogen-bond donors (Lipinski definition) is 2. The molecule has 1 heterocycles. The monoisotopic (exact) mass is 322 g/mol. The zero-order valence-electron chi connectivity index (χ0n) is 12.2. The predicted octanol–water partition coefficient (Wildman–Crippen LogP) is 0.541. The summed E-state index contributed by atoms with van der Waals surface area (Å²) in [5, 5.41) is 6.87. The third-order valence-corrected chi connectivity index (χ3v) is 3.60. The van der Waals surface area contributed by atoms with Gasteiger partial charge in [0.15, 0.2) is 0 Å². The first kappa shape index (κ1) is 16.2. The Morgan fingerprint density at radius 1 is 1.23 bits per heavy atom. The summed E-state index contributed by atoms with van der Waals surface area (Å²) in [5.41, 5.74) is 1.33. The lowest BCUT2D eigenvalue weighted by atomic mass is 10.3. The highest BCUT2D eigenvalue weighted by Crippen LogP contribution is 2.07. The van der Waals surface area contributed by atoms with Crippen LogP contribution in [0.5, 0.6) is 0 Å². The molecule has 2 rings (SSSR count). The number of benzene rings is 1. The Hall–Kier alpha value is -2.19. The fourth-order valence-electron chi connectivity index (χ4n) is 1.81. The number of aromatic nitrogens is 2. The molecule has 8 heteroatoms. The van der Waals surface area contributed by atoms with Crippen molar-refractivity contribution in [3.05, 3.63) is 48.3 Å². The van der Waals surface area contributed by atoms with Gasteiger partial charge in [-0.3, -0.25) is 4.79 Å². The zero-order valence-corrected chi connectivity index (χ0v) is 13.0. The van der Waals surface area contributed by atoms with E-state index >= 15 is 0 Å². The molecule has 0 radical (unpaired) electrons. The van der Waals surface area contributed by atoms with Crippen LogP contribution in [0.15, 0.2) is 42.7 Å². The van der Waals surface area contributed by atoms with E-state index in [0.717, 1.165) is 11.9 Å². The topological polar surface area (TPSA) is 93.1 Å². The highest BCUT2D eigenvalue weighted by molar-refractivity contribution is 7.88. The van der Waals surface area contributed by atoms with Crippen LogP contribution in [0.2, 0.25) is 0 Å². The Labute approximate surface area is 129 Å². The molecule has 0 aliphatic rings. The van der Waals surface area contributed by atoms with Gasteiger partial charge in [0, 0.05) is 19.3 Å². The third kappa shape index (κ3) is 4.97. The highest BCUT2D eigenvalue weighted by atomic mass is 32.2. The molecule has 0 aliphatic heterocycles. The number of carbonyl (C=O) groups excluding carboxylic acids is 1. The number of hydrogen-bond acceptors (Lipinski definition) is 4. The second-order valence-electron chi connectivity index (χ2n) is 4.79. The van der Waals surface area contributed by atoms with Crippen molar-refractivity contribution in [2.75, 3.05) is 19.3 Å². The largest absolute Gasteiger partial charge is 0.352 e. The first-order valence-corrected chi connectivity index (χ1v) is 8.68. The summed E-state index contributed by atoms with van der Waals surface area (Å²) in [6, 6.07) is 9.49. The smallest absolute Gasteiger partial charge is 0.254 e. The fraction of sp³-hybridized carbons (Fsp3) is 0.286. The second-order valence-corrected chi connectivity index (χ2v) is 6.62. The summed E-state index contributed by atoms with van der Waals surface area (Å²) >= 11 is 0. The Kier molecular flexibility index (Phi) is 5.29. The maximum atomic E-state index is 11.9. The summed E-state index contributed by atoms with van der Waals surface area (Å²) in [6.45, 7) is 0.681. The van der Waals surface area contributed by atoms with Gasteiger partial charge in [-0.2, -0.15) is 5.10 Å². The van der Waals surface area contributed by atoms with Crippen LogP contribution in [-0.2, 0) is 10.0 Å². The number of amides is 1. The van der Waals surface area contributed by atoms with E-state index in [4.69, 9.17) is 0 Å². The van der Waals surface area contributed by atoms with Crippen LogP contribution in [0.4, 0.5) is 0 Å². The van der Waals surface area contributed by atoms with Crippen LogP contribution in [0.3, 0.4) is 0 Å². The first-order chi connectivity index (χ1) is 10.5. The Balaban J connectivity index is 1.82. The second kappa shape index (κ2) is 7.19. The maximum Gasteiger partial charge on any atom is 0.254 e.